The van der Waals surface area contributed by atoms with Gasteiger partial charge in [0.05, 0.1) is 6.61 Å². The highest BCUT2D eigenvalue weighted by Crippen LogP contribution is 2.05. The van der Waals surface area contributed by atoms with Gasteiger partial charge in [-0.25, -0.2) is 0 Å². The molecule has 1 rings (SSSR count). The van der Waals surface area contributed by atoms with Gasteiger partial charge >= 0.3 is 5.97 Å². The molecule has 0 bridgehead atoms. The Bertz CT molecular complexity index is 508. The zero-order chi connectivity index (χ0) is 17.4. The van der Waals surface area contributed by atoms with Crippen LogP contribution in [0.4, 0.5) is 0 Å². The summed E-state index contributed by atoms with van der Waals surface area (Å²) in [6, 6.07) is 8.00. The summed E-state index contributed by atoms with van der Waals surface area (Å²) in [6.45, 7) is -1.62. The summed E-state index contributed by atoms with van der Waals surface area (Å²) in [5.41, 5.74) is 6.49. The van der Waals surface area contributed by atoms with E-state index in [9.17, 15) is 19.8 Å². The van der Waals surface area contributed by atoms with Gasteiger partial charge in [-0.2, -0.15) is 0 Å². The molecule has 0 aliphatic rings. The summed E-state index contributed by atoms with van der Waals surface area (Å²) in [7, 11) is 0. The molecule has 0 saturated heterocycles. The smallest absolute Gasteiger partial charge is 0.323 e. The number of hydrogen-bond donors (Lipinski definition) is 5. The number of hydrogen-bond acceptors (Lipinski definition) is 8. The number of aliphatic hydroxyl groups excluding tert-OH is 4. The summed E-state index contributed by atoms with van der Waals surface area (Å²) in [4.78, 5) is 23.3. The number of ether oxygens (including phenoxy) is 1. The third kappa shape index (κ3) is 6.05. The quantitative estimate of drug-likeness (QED) is 0.319. The monoisotopic (exact) mass is 327 g/mol. The van der Waals surface area contributed by atoms with Crippen LogP contribution in [0.2, 0.25) is 0 Å². The van der Waals surface area contributed by atoms with Crippen molar-refractivity contribution in [1.29, 1.82) is 0 Å². The molecule has 128 valence electrons. The van der Waals surface area contributed by atoms with Crippen LogP contribution in [0.3, 0.4) is 0 Å². The largest absolute Gasteiger partial charge is 0.456 e. The molecule has 4 atom stereocenters. The normalized spacial score (nSPS) is 16.2. The number of aliphatic hydroxyl groups is 4. The Hall–Kier alpha value is -1.84. The van der Waals surface area contributed by atoms with E-state index >= 15 is 0 Å². The zero-order valence-corrected chi connectivity index (χ0v) is 12.4. The van der Waals surface area contributed by atoms with Crippen molar-refractivity contribution in [3.63, 3.8) is 0 Å². The van der Waals surface area contributed by atoms with Gasteiger partial charge in [0.25, 0.3) is 0 Å². The number of Topliss-reactive ketones (excluding diaryl/α,β-unsaturated/α-hetero) is 1. The fourth-order valence-corrected chi connectivity index (χ4v) is 1.79. The third-order valence-electron chi connectivity index (χ3n) is 3.19. The van der Waals surface area contributed by atoms with Gasteiger partial charge in [-0.1, -0.05) is 30.3 Å². The first-order valence-electron chi connectivity index (χ1n) is 7.00. The van der Waals surface area contributed by atoms with E-state index in [0.29, 0.717) is 0 Å². The summed E-state index contributed by atoms with van der Waals surface area (Å²) in [5, 5.41) is 36.6. The molecular weight excluding hydrogens is 306 g/mol. The number of benzene rings is 1. The number of carbonyl (C=O) groups excluding carboxylic acids is 2. The van der Waals surface area contributed by atoms with Gasteiger partial charge in [-0.15, -0.1) is 0 Å². The highest BCUT2D eigenvalue weighted by molar-refractivity contribution is 5.87. The molecule has 1 aromatic carbocycles. The lowest BCUT2D eigenvalue weighted by molar-refractivity contribution is -0.156. The first-order chi connectivity index (χ1) is 10.9. The number of esters is 1. The van der Waals surface area contributed by atoms with Crippen LogP contribution in [0.1, 0.15) is 5.56 Å². The first-order valence-corrected chi connectivity index (χ1v) is 7.00. The zero-order valence-electron chi connectivity index (χ0n) is 12.4. The van der Waals surface area contributed by atoms with Crippen LogP contribution in [0.5, 0.6) is 0 Å². The second-order valence-corrected chi connectivity index (χ2v) is 5.06. The summed E-state index contributed by atoms with van der Waals surface area (Å²) < 4.78 is 4.69. The molecule has 23 heavy (non-hydrogen) atoms. The average molecular weight is 327 g/mol. The molecule has 8 heteroatoms. The molecule has 1 aromatic rings. The van der Waals surface area contributed by atoms with E-state index in [-0.39, 0.29) is 6.42 Å². The van der Waals surface area contributed by atoms with Gasteiger partial charge in [-0.3, -0.25) is 9.59 Å². The Kier molecular flexibility index (Phi) is 7.79. The summed E-state index contributed by atoms with van der Waals surface area (Å²) >= 11 is 0. The van der Waals surface area contributed by atoms with Gasteiger partial charge in [0.2, 0.25) is 5.78 Å². The highest BCUT2D eigenvalue weighted by atomic mass is 16.5. The van der Waals surface area contributed by atoms with E-state index in [2.05, 4.69) is 0 Å². The van der Waals surface area contributed by atoms with Crippen molar-refractivity contribution in [1.82, 2.24) is 0 Å². The predicted octanol–water partition coefficient (Wildman–Crippen LogP) is -2.26. The van der Waals surface area contributed by atoms with Crippen molar-refractivity contribution in [2.75, 3.05) is 13.2 Å². The van der Waals surface area contributed by atoms with E-state index in [0.717, 1.165) is 5.56 Å². The van der Waals surface area contributed by atoms with Gasteiger partial charge in [0.15, 0.2) is 6.61 Å². The van der Waals surface area contributed by atoms with Crippen LogP contribution in [0, 0.1) is 0 Å². The predicted molar refractivity (Wildman–Crippen MR) is 79.2 cm³/mol. The fraction of sp³-hybridized carbons (Fsp3) is 0.467. The number of rotatable bonds is 9. The SMILES string of the molecule is N[C@@H](Cc1ccccc1)C(=O)OCC(=O)[C@@H](O)[C@H](O)[C@H](O)CO. The molecule has 0 radical (unpaired) electrons. The van der Waals surface area contributed by atoms with Crippen molar-refractivity contribution in [2.45, 2.75) is 30.8 Å². The topological polar surface area (TPSA) is 150 Å². The molecule has 0 aromatic heterocycles. The molecular formula is C15H21NO7. The number of ketones is 1. The molecule has 0 spiro atoms. The molecule has 8 nitrogen and oxygen atoms in total. The molecule has 0 unspecified atom stereocenters. The maximum Gasteiger partial charge on any atom is 0.323 e. The van der Waals surface area contributed by atoms with E-state index < -0.39 is 49.3 Å². The van der Waals surface area contributed by atoms with Crippen LogP contribution < -0.4 is 5.73 Å². The Balaban J connectivity index is 2.44. The molecule has 0 amide bonds. The van der Waals surface area contributed by atoms with Crippen molar-refractivity contribution in [2.24, 2.45) is 5.73 Å². The molecule has 6 N–H and O–H groups in total. The summed E-state index contributed by atoms with van der Waals surface area (Å²) in [6.07, 6.45) is -5.30. The molecule has 0 fully saturated rings. The van der Waals surface area contributed by atoms with Crippen LogP contribution in [0.15, 0.2) is 30.3 Å². The van der Waals surface area contributed by atoms with Gasteiger partial charge in [0.1, 0.15) is 24.4 Å². The van der Waals surface area contributed by atoms with Gasteiger partial charge in [0, 0.05) is 0 Å². The second kappa shape index (κ2) is 9.33. The van der Waals surface area contributed by atoms with Crippen molar-refractivity contribution < 1.29 is 34.8 Å². The lowest BCUT2D eigenvalue weighted by atomic mass is 10.1. The van der Waals surface area contributed by atoms with Crippen LogP contribution >= 0.6 is 0 Å². The lowest BCUT2D eigenvalue weighted by Crippen LogP contribution is -2.45. The maximum absolute atomic E-state index is 11.7. The Morgan fingerprint density at radius 3 is 2.30 bits per heavy atom. The Morgan fingerprint density at radius 1 is 1.13 bits per heavy atom. The number of carbonyl (C=O) groups is 2. The fourth-order valence-electron chi connectivity index (χ4n) is 1.79. The molecule has 0 aliphatic heterocycles. The lowest BCUT2D eigenvalue weighted by Gasteiger charge is -2.20. The van der Waals surface area contributed by atoms with E-state index in [1.54, 1.807) is 24.3 Å². The first kappa shape index (κ1) is 19.2. The van der Waals surface area contributed by atoms with Crippen molar-refractivity contribution in [3.8, 4) is 0 Å². The van der Waals surface area contributed by atoms with E-state index in [1.165, 1.54) is 0 Å². The van der Waals surface area contributed by atoms with E-state index in [4.69, 9.17) is 20.7 Å². The molecule has 0 saturated carbocycles. The van der Waals surface area contributed by atoms with Crippen LogP contribution in [-0.2, 0) is 20.7 Å². The minimum Gasteiger partial charge on any atom is -0.456 e. The minimum atomic E-state index is -1.98. The highest BCUT2D eigenvalue weighted by Gasteiger charge is 2.30. The molecule has 0 heterocycles. The van der Waals surface area contributed by atoms with Crippen LogP contribution in [-0.4, -0.2) is 69.7 Å². The number of nitrogens with two attached hydrogens (primary N) is 1. The minimum absolute atomic E-state index is 0.224. The second-order valence-electron chi connectivity index (χ2n) is 5.06. The standard InChI is InChI=1S/C15H21NO7/c16-10(6-9-4-2-1-3-5-9)15(22)23-8-12(19)14(21)13(20)11(18)7-17/h1-5,10-11,13-14,17-18,20-21H,6-8,16H2/t10-,11+,13+,14+/m0/s1. The van der Waals surface area contributed by atoms with E-state index in [1.807, 2.05) is 6.07 Å². The Morgan fingerprint density at radius 2 is 1.74 bits per heavy atom. The Labute approximate surface area is 133 Å². The summed E-state index contributed by atoms with van der Waals surface area (Å²) in [5.74, 6) is -1.84. The average Bonchev–Trinajstić information content (AvgIpc) is 2.57. The van der Waals surface area contributed by atoms with Crippen LogP contribution in [0.25, 0.3) is 0 Å². The maximum atomic E-state index is 11.7. The van der Waals surface area contributed by atoms with Gasteiger partial charge < -0.3 is 30.9 Å². The molecule has 0 aliphatic carbocycles. The van der Waals surface area contributed by atoms with Crippen molar-refractivity contribution in [3.05, 3.63) is 35.9 Å². The third-order valence-corrected chi connectivity index (χ3v) is 3.19. The van der Waals surface area contributed by atoms with Gasteiger partial charge in [-0.05, 0) is 12.0 Å². The van der Waals surface area contributed by atoms with Crippen molar-refractivity contribution >= 4 is 11.8 Å².